The summed E-state index contributed by atoms with van der Waals surface area (Å²) in [5.41, 5.74) is 0.620. The third kappa shape index (κ3) is 3.24. The molecule has 0 bridgehead atoms. The van der Waals surface area contributed by atoms with Crippen LogP contribution in [-0.4, -0.2) is 39.8 Å². The van der Waals surface area contributed by atoms with Gasteiger partial charge in [0.25, 0.3) is 0 Å². The van der Waals surface area contributed by atoms with E-state index in [0.717, 1.165) is 12.8 Å². The molecular formula is C12H17N3O4. The fourth-order valence-corrected chi connectivity index (χ4v) is 2.20. The van der Waals surface area contributed by atoms with Crippen molar-refractivity contribution < 1.29 is 19.2 Å². The molecule has 2 amide bonds. The van der Waals surface area contributed by atoms with Gasteiger partial charge in [-0.05, 0) is 26.2 Å². The molecule has 0 saturated carbocycles. The highest BCUT2D eigenvalue weighted by atomic mass is 16.5. The van der Waals surface area contributed by atoms with Crippen LogP contribution in [0.2, 0.25) is 0 Å². The zero-order valence-corrected chi connectivity index (χ0v) is 10.8. The monoisotopic (exact) mass is 267 g/mol. The van der Waals surface area contributed by atoms with E-state index in [9.17, 15) is 9.59 Å². The Morgan fingerprint density at radius 3 is 3.00 bits per heavy atom. The molecule has 1 saturated heterocycles. The molecule has 19 heavy (non-hydrogen) atoms. The maximum Gasteiger partial charge on any atom is 0.326 e. The summed E-state index contributed by atoms with van der Waals surface area (Å²) in [5.74, 6) is -0.280. The Balaban J connectivity index is 1.92. The van der Waals surface area contributed by atoms with E-state index in [1.54, 1.807) is 13.0 Å². The Kier molecular flexibility index (Phi) is 4.03. The average Bonchev–Trinajstić information content (AvgIpc) is 2.81. The van der Waals surface area contributed by atoms with E-state index in [2.05, 4.69) is 10.5 Å². The molecule has 0 aliphatic carbocycles. The molecule has 0 aromatic carbocycles. The number of carboxylic acids is 1. The third-order valence-electron chi connectivity index (χ3n) is 3.15. The molecule has 0 spiro atoms. The molecule has 1 fully saturated rings. The number of nitrogens with zero attached hydrogens (tertiary/aromatic N) is 2. The van der Waals surface area contributed by atoms with Crippen molar-refractivity contribution in [2.45, 2.75) is 38.8 Å². The molecule has 104 valence electrons. The minimum atomic E-state index is -0.952. The average molecular weight is 267 g/mol. The molecule has 1 aliphatic rings. The van der Waals surface area contributed by atoms with Crippen molar-refractivity contribution in [2.75, 3.05) is 6.54 Å². The van der Waals surface area contributed by atoms with E-state index in [-0.39, 0.29) is 12.6 Å². The fraction of sp³-hybridized carbons (Fsp3) is 0.583. The standard InChI is InChI=1S/C12H17N3O4/c1-8-6-9(14-19-8)7-13-12(18)15-5-3-2-4-10(15)11(16)17/h6,10H,2-5,7H2,1H3,(H,13,18)(H,16,17). The van der Waals surface area contributed by atoms with Gasteiger partial charge in [0.15, 0.2) is 0 Å². The maximum absolute atomic E-state index is 12.0. The van der Waals surface area contributed by atoms with Crippen molar-refractivity contribution in [3.8, 4) is 0 Å². The summed E-state index contributed by atoms with van der Waals surface area (Å²) >= 11 is 0. The summed E-state index contributed by atoms with van der Waals surface area (Å²) in [6.45, 7) is 2.48. The molecule has 2 N–H and O–H groups in total. The number of carbonyl (C=O) groups is 2. The van der Waals surface area contributed by atoms with Crippen LogP contribution >= 0.6 is 0 Å². The van der Waals surface area contributed by atoms with Gasteiger partial charge in [-0.15, -0.1) is 0 Å². The van der Waals surface area contributed by atoms with E-state index >= 15 is 0 Å². The van der Waals surface area contributed by atoms with Crippen LogP contribution in [0.4, 0.5) is 4.79 Å². The lowest BCUT2D eigenvalue weighted by atomic mass is 10.0. The highest BCUT2D eigenvalue weighted by Crippen LogP contribution is 2.17. The topological polar surface area (TPSA) is 95.7 Å². The number of likely N-dealkylation sites (tertiary alicyclic amines) is 1. The molecule has 1 aliphatic heterocycles. The van der Waals surface area contributed by atoms with Crippen molar-refractivity contribution >= 4 is 12.0 Å². The molecule has 1 aromatic heterocycles. The number of carbonyl (C=O) groups excluding carboxylic acids is 1. The predicted molar refractivity (Wildman–Crippen MR) is 65.5 cm³/mol. The van der Waals surface area contributed by atoms with E-state index < -0.39 is 12.0 Å². The summed E-state index contributed by atoms with van der Waals surface area (Å²) in [6, 6.07) is 0.631. The molecule has 0 radical (unpaired) electrons. The number of piperidine rings is 1. The number of aliphatic carboxylic acids is 1. The van der Waals surface area contributed by atoms with Gasteiger partial charge in [-0.1, -0.05) is 5.16 Å². The van der Waals surface area contributed by atoms with Crippen LogP contribution in [0, 0.1) is 6.92 Å². The molecule has 1 unspecified atom stereocenters. The van der Waals surface area contributed by atoms with Gasteiger partial charge in [0.1, 0.15) is 17.5 Å². The maximum atomic E-state index is 12.0. The second-order valence-corrected chi connectivity index (χ2v) is 4.63. The summed E-state index contributed by atoms with van der Waals surface area (Å²) < 4.78 is 4.89. The largest absolute Gasteiger partial charge is 0.480 e. The van der Waals surface area contributed by atoms with Crippen LogP contribution in [0.3, 0.4) is 0 Å². The van der Waals surface area contributed by atoms with Crippen LogP contribution in [0.5, 0.6) is 0 Å². The third-order valence-corrected chi connectivity index (χ3v) is 3.15. The van der Waals surface area contributed by atoms with Crippen LogP contribution in [0.15, 0.2) is 10.6 Å². The quantitative estimate of drug-likeness (QED) is 0.856. The number of hydrogen-bond donors (Lipinski definition) is 2. The van der Waals surface area contributed by atoms with Gasteiger partial charge in [-0.2, -0.15) is 0 Å². The number of urea groups is 1. The number of amides is 2. The SMILES string of the molecule is Cc1cc(CNC(=O)N2CCCCC2C(=O)O)no1. The number of aryl methyl sites for hydroxylation is 1. The van der Waals surface area contributed by atoms with Gasteiger partial charge in [-0.3, -0.25) is 0 Å². The lowest BCUT2D eigenvalue weighted by Gasteiger charge is -2.32. The Labute approximate surface area is 110 Å². The highest BCUT2D eigenvalue weighted by Gasteiger charge is 2.31. The summed E-state index contributed by atoms with van der Waals surface area (Å²) in [4.78, 5) is 24.5. The first-order chi connectivity index (χ1) is 9.08. The number of nitrogens with one attached hydrogen (secondary N) is 1. The van der Waals surface area contributed by atoms with Crippen molar-refractivity contribution in [1.82, 2.24) is 15.4 Å². The van der Waals surface area contributed by atoms with Crippen molar-refractivity contribution in [2.24, 2.45) is 0 Å². The molecular weight excluding hydrogens is 250 g/mol. The minimum Gasteiger partial charge on any atom is -0.480 e. The van der Waals surface area contributed by atoms with E-state index in [1.807, 2.05) is 0 Å². The van der Waals surface area contributed by atoms with Crippen LogP contribution in [-0.2, 0) is 11.3 Å². The number of rotatable bonds is 3. The van der Waals surface area contributed by atoms with Gasteiger partial charge in [0.05, 0.1) is 6.54 Å². The predicted octanol–water partition coefficient (Wildman–Crippen LogP) is 1.13. The van der Waals surface area contributed by atoms with Crippen molar-refractivity contribution in [3.05, 3.63) is 17.5 Å². The Morgan fingerprint density at radius 1 is 1.58 bits per heavy atom. The zero-order chi connectivity index (χ0) is 13.8. The highest BCUT2D eigenvalue weighted by molar-refractivity contribution is 5.82. The van der Waals surface area contributed by atoms with Crippen LogP contribution in [0.25, 0.3) is 0 Å². The molecule has 7 heteroatoms. The van der Waals surface area contributed by atoms with Crippen molar-refractivity contribution in [3.63, 3.8) is 0 Å². The van der Waals surface area contributed by atoms with Crippen molar-refractivity contribution in [1.29, 1.82) is 0 Å². The van der Waals surface area contributed by atoms with E-state index in [4.69, 9.17) is 9.63 Å². The lowest BCUT2D eigenvalue weighted by Crippen LogP contribution is -2.51. The van der Waals surface area contributed by atoms with Gasteiger partial charge in [-0.25, -0.2) is 9.59 Å². The van der Waals surface area contributed by atoms with Gasteiger partial charge in [0, 0.05) is 12.6 Å². The van der Waals surface area contributed by atoms with Gasteiger partial charge >= 0.3 is 12.0 Å². The second kappa shape index (κ2) is 5.73. The number of aromatic nitrogens is 1. The molecule has 2 heterocycles. The normalized spacial score (nSPS) is 19.2. The fourth-order valence-electron chi connectivity index (χ4n) is 2.20. The first kappa shape index (κ1) is 13.4. The number of carboxylic acid groups (broad SMARTS) is 1. The lowest BCUT2D eigenvalue weighted by molar-refractivity contribution is -0.143. The zero-order valence-electron chi connectivity index (χ0n) is 10.8. The summed E-state index contributed by atoms with van der Waals surface area (Å²) in [5, 5.41) is 15.5. The molecule has 1 atom stereocenters. The Morgan fingerprint density at radius 2 is 2.37 bits per heavy atom. The van der Waals surface area contributed by atoms with E-state index in [0.29, 0.717) is 24.4 Å². The summed E-state index contributed by atoms with van der Waals surface area (Å²) in [6.07, 6.45) is 2.18. The molecule has 7 nitrogen and oxygen atoms in total. The molecule has 1 aromatic rings. The first-order valence-electron chi connectivity index (χ1n) is 6.27. The van der Waals surface area contributed by atoms with E-state index in [1.165, 1.54) is 4.90 Å². The minimum absolute atomic E-state index is 0.235. The summed E-state index contributed by atoms with van der Waals surface area (Å²) in [7, 11) is 0. The Hall–Kier alpha value is -2.05. The second-order valence-electron chi connectivity index (χ2n) is 4.63. The van der Waals surface area contributed by atoms with Gasteiger partial charge in [0.2, 0.25) is 0 Å². The smallest absolute Gasteiger partial charge is 0.326 e. The molecule has 2 rings (SSSR count). The van der Waals surface area contributed by atoms with Gasteiger partial charge < -0.3 is 19.8 Å². The Bertz CT molecular complexity index is 471. The van der Waals surface area contributed by atoms with Crippen LogP contribution < -0.4 is 5.32 Å². The van der Waals surface area contributed by atoms with Crippen LogP contribution in [0.1, 0.15) is 30.7 Å². The number of hydrogen-bond acceptors (Lipinski definition) is 4. The first-order valence-corrected chi connectivity index (χ1v) is 6.27.